The highest BCUT2D eigenvalue weighted by Gasteiger charge is 2.22. The number of hydrogen-bond donors (Lipinski definition) is 1. The Morgan fingerprint density at radius 2 is 1.86 bits per heavy atom. The predicted octanol–water partition coefficient (Wildman–Crippen LogP) is 2.81. The monoisotopic (exact) mass is 388 g/mol. The fourth-order valence-electron chi connectivity index (χ4n) is 3.63. The molecule has 0 spiro atoms. The number of benzene rings is 1. The average Bonchev–Trinajstić information content (AvgIpc) is 3.23. The number of hydrogen-bond acceptors (Lipinski definition) is 7. The van der Waals surface area contributed by atoms with Crippen LogP contribution in [0.3, 0.4) is 0 Å². The Morgan fingerprint density at radius 3 is 2.52 bits per heavy atom. The minimum absolute atomic E-state index is 0.284. The van der Waals surface area contributed by atoms with Crippen molar-refractivity contribution in [3.63, 3.8) is 0 Å². The van der Waals surface area contributed by atoms with Gasteiger partial charge in [0.2, 0.25) is 0 Å². The van der Waals surface area contributed by atoms with E-state index < -0.39 is 0 Å². The Bertz CT molecular complexity index is 987. The van der Waals surface area contributed by atoms with Gasteiger partial charge in [-0.1, -0.05) is 6.92 Å². The Hall–Kier alpha value is -3.44. The van der Waals surface area contributed by atoms with Gasteiger partial charge in [0.05, 0.1) is 18.6 Å². The van der Waals surface area contributed by atoms with E-state index in [-0.39, 0.29) is 5.69 Å². The number of piperazine rings is 1. The Labute approximate surface area is 170 Å². The van der Waals surface area contributed by atoms with Gasteiger partial charge < -0.3 is 14.8 Å². The molecule has 1 unspecified atom stereocenters. The van der Waals surface area contributed by atoms with Crippen molar-refractivity contribution < 1.29 is 0 Å². The van der Waals surface area contributed by atoms with Crippen molar-refractivity contribution in [2.45, 2.75) is 19.9 Å². The van der Waals surface area contributed by atoms with Gasteiger partial charge in [0, 0.05) is 37.1 Å². The third-order valence-electron chi connectivity index (χ3n) is 5.24. The summed E-state index contributed by atoms with van der Waals surface area (Å²) in [7, 11) is 0. The van der Waals surface area contributed by atoms with Crippen LogP contribution in [0.4, 0.5) is 17.3 Å². The highest BCUT2D eigenvalue weighted by atomic mass is 15.3. The summed E-state index contributed by atoms with van der Waals surface area (Å²) >= 11 is 0. The lowest BCUT2D eigenvalue weighted by Crippen LogP contribution is -2.51. The summed E-state index contributed by atoms with van der Waals surface area (Å²) in [5, 5.41) is 11.9. The summed E-state index contributed by atoms with van der Waals surface area (Å²) in [5.74, 6) is 1.21. The summed E-state index contributed by atoms with van der Waals surface area (Å²) in [4.78, 5) is 17.5. The molecule has 1 aliphatic rings. The van der Waals surface area contributed by atoms with Crippen LogP contribution >= 0.6 is 0 Å². The van der Waals surface area contributed by atoms with Gasteiger partial charge in [0.25, 0.3) is 0 Å². The van der Waals surface area contributed by atoms with Crippen LogP contribution < -0.4 is 10.2 Å². The molecule has 4 rings (SSSR count). The molecule has 2 aromatic heterocycles. The second-order valence-corrected chi connectivity index (χ2v) is 7.14. The fraction of sp³-hybridized carbons (Fsp3) is 0.333. The van der Waals surface area contributed by atoms with Crippen LogP contribution in [-0.2, 0) is 0 Å². The van der Waals surface area contributed by atoms with Crippen LogP contribution in [0.1, 0.15) is 19.5 Å². The minimum Gasteiger partial charge on any atom is -0.366 e. The molecule has 0 aliphatic carbocycles. The number of nitrogens with zero attached hydrogens (tertiary/aromatic N) is 7. The van der Waals surface area contributed by atoms with Gasteiger partial charge in [-0.2, -0.15) is 5.26 Å². The van der Waals surface area contributed by atoms with Crippen LogP contribution in [-0.4, -0.2) is 56.6 Å². The van der Waals surface area contributed by atoms with E-state index in [1.54, 1.807) is 6.33 Å². The Morgan fingerprint density at radius 1 is 1.07 bits per heavy atom. The first-order valence-electron chi connectivity index (χ1n) is 9.79. The second-order valence-electron chi connectivity index (χ2n) is 7.14. The van der Waals surface area contributed by atoms with Crippen LogP contribution in [0.5, 0.6) is 0 Å². The van der Waals surface area contributed by atoms with E-state index in [1.165, 1.54) is 18.1 Å². The lowest BCUT2D eigenvalue weighted by atomic mass is 10.1. The van der Waals surface area contributed by atoms with E-state index in [1.807, 2.05) is 16.8 Å². The molecule has 1 atom stereocenters. The van der Waals surface area contributed by atoms with Crippen molar-refractivity contribution in [1.29, 1.82) is 5.26 Å². The van der Waals surface area contributed by atoms with Gasteiger partial charge in [0.1, 0.15) is 24.0 Å². The molecule has 0 radical (unpaired) electrons. The van der Waals surface area contributed by atoms with E-state index in [0.29, 0.717) is 17.7 Å². The second kappa shape index (κ2) is 8.29. The quantitative estimate of drug-likeness (QED) is 0.719. The fourth-order valence-corrected chi connectivity index (χ4v) is 3.63. The number of nitriles is 1. The molecule has 1 fully saturated rings. The molecule has 3 aromatic rings. The van der Waals surface area contributed by atoms with E-state index in [4.69, 9.17) is 5.26 Å². The van der Waals surface area contributed by atoms with Crippen LogP contribution in [0, 0.1) is 11.3 Å². The number of rotatable bonds is 5. The van der Waals surface area contributed by atoms with E-state index in [9.17, 15) is 0 Å². The maximum absolute atomic E-state index is 8.79. The van der Waals surface area contributed by atoms with Crippen molar-refractivity contribution in [3.05, 3.63) is 54.9 Å². The maximum atomic E-state index is 8.79. The molecule has 0 bridgehead atoms. The molecule has 1 N–H and O–H groups in total. The van der Waals surface area contributed by atoms with Crippen molar-refractivity contribution in [1.82, 2.24) is 24.4 Å². The highest BCUT2D eigenvalue weighted by molar-refractivity contribution is 5.54. The zero-order valence-corrected chi connectivity index (χ0v) is 16.7. The Kier molecular flexibility index (Phi) is 5.40. The average molecular weight is 388 g/mol. The number of likely N-dealkylation sites (N-methyl/N-ethyl adjacent to an activating group) is 1. The van der Waals surface area contributed by atoms with Gasteiger partial charge in [-0.15, -0.1) is 0 Å². The number of aromatic nitrogens is 4. The number of anilines is 3. The van der Waals surface area contributed by atoms with E-state index in [2.05, 4.69) is 68.2 Å². The molecule has 8 nitrogen and oxygen atoms in total. The van der Waals surface area contributed by atoms with E-state index in [0.717, 1.165) is 31.9 Å². The lowest BCUT2D eigenvalue weighted by molar-refractivity contribution is 0.240. The molecule has 1 aliphatic heterocycles. The molecule has 0 amide bonds. The van der Waals surface area contributed by atoms with Crippen LogP contribution in [0.25, 0.3) is 5.69 Å². The zero-order valence-electron chi connectivity index (χ0n) is 16.7. The van der Waals surface area contributed by atoms with E-state index >= 15 is 0 Å². The smallest absolute Gasteiger partial charge is 0.158 e. The summed E-state index contributed by atoms with van der Waals surface area (Å²) in [6.07, 6.45) is 6.61. The molecular weight excluding hydrogens is 364 g/mol. The summed E-state index contributed by atoms with van der Waals surface area (Å²) in [5.41, 5.74) is 2.58. The van der Waals surface area contributed by atoms with Crippen molar-refractivity contribution in [2.24, 2.45) is 0 Å². The molecular formula is C21H24N8. The number of nitrogens with one attached hydrogen (secondary N) is 1. The van der Waals surface area contributed by atoms with Crippen LogP contribution in [0.15, 0.2) is 49.2 Å². The van der Waals surface area contributed by atoms with Gasteiger partial charge in [-0.25, -0.2) is 15.0 Å². The first-order valence-corrected chi connectivity index (χ1v) is 9.79. The van der Waals surface area contributed by atoms with Crippen molar-refractivity contribution >= 4 is 17.3 Å². The zero-order chi connectivity index (χ0) is 20.2. The highest BCUT2D eigenvalue weighted by Crippen LogP contribution is 2.23. The summed E-state index contributed by atoms with van der Waals surface area (Å²) in [6, 6.07) is 11.0. The normalized spacial score (nSPS) is 17.1. The Balaban J connectivity index is 1.44. The molecule has 1 aromatic carbocycles. The first kappa shape index (κ1) is 18.9. The van der Waals surface area contributed by atoms with Crippen LogP contribution in [0.2, 0.25) is 0 Å². The third kappa shape index (κ3) is 4.20. The molecule has 148 valence electrons. The first-order chi connectivity index (χ1) is 14.2. The van der Waals surface area contributed by atoms with Crippen molar-refractivity contribution in [3.8, 4) is 11.8 Å². The SMILES string of the molecule is CCN1CCN(c2ccc(-n3cnc(Nc4cnc(C#N)cn4)c3)cc2)C(C)C1. The molecule has 3 heterocycles. The summed E-state index contributed by atoms with van der Waals surface area (Å²) < 4.78 is 1.96. The van der Waals surface area contributed by atoms with Crippen molar-refractivity contribution in [2.75, 3.05) is 36.4 Å². The van der Waals surface area contributed by atoms with Gasteiger partial charge in [-0.3, -0.25) is 4.90 Å². The minimum atomic E-state index is 0.284. The van der Waals surface area contributed by atoms with Gasteiger partial charge in [-0.05, 0) is 37.7 Å². The molecule has 29 heavy (non-hydrogen) atoms. The summed E-state index contributed by atoms with van der Waals surface area (Å²) in [6.45, 7) is 8.89. The third-order valence-corrected chi connectivity index (χ3v) is 5.24. The molecule has 1 saturated heterocycles. The topological polar surface area (TPSA) is 85.9 Å². The molecule has 8 heteroatoms. The largest absolute Gasteiger partial charge is 0.366 e. The predicted molar refractivity (Wildman–Crippen MR) is 113 cm³/mol. The van der Waals surface area contributed by atoms with Gasteiger partial charge in [0.15, 0.2) is 5.69 Å². The standard InChI is InChI=1S/C21H24N8/c1-3-27-8-9-29(16(2)13-27)19-6-4-18(5-7-19)28-14-21(25-15-28)26-20-12-23-17(10-22)11-24-20/h4-7,11-12,14-16H,3,8-9,13H2,1-2H3,(H,24,26). The maximum Gasteiger partial charge on any atom is 0.158 e. The lowest BCUT2D eigenvalue weighted by Gasteiger charge is -2.41. The van der Waals surface area contributed by atoms with Gasteiger partial charge >= 0.3 is 0 Å². The number of imidazole rings is 1. The molecule has 0 saturated carbocycles.